The molecule has 2 heterocycles. The van der Waals surface area contributed by atoms with Crippen molar-refractivity contribution < 1.29 is 51.5 Å². The Kier molecular flexibility index (Phi) is 15.2. The highest BCUT2D eigenvalue weighted by molar-refractivity contribution is 5.99. The Bertz CT molecular complexity index is 2120. The second kappa shape index (κ2) is 20.0. The van der Waals surface area contributed by atoms with Crippen molar-refractivity contribution >= 4 is 65.3 Å². The van der Waals surface area contributed by atoms with Crippen molar-refractivity contribution in [2.24, 2.45) is 5.73 Å². The molecule has 22 heteroatoms. The van der Waals surface area contributed by atoms with E-state index in [4.69, 9.17) is 15.9 Å². The van der Waals surface area contributed by atoms with Crippen LogP contribution in [0, 0.1) is 5.41 Å². The van der Waals surface area contributed by atoms with Crippen LogP contribution < -0.4 is 31.7 Å². The number of carboxylic acids is 1. The molecule has 1 aliphatic heterocycles. The molecule has 18 nitrogen and oxygen atoms in total. The van der Waals surface area contributed by atoms with Gasteiger partial charge in [0.1, 0.15) is 24.4 Å². The van der Waals surface area contributed by atoms with E-state index in [1.54, 1.807) is 36.4 Å². The van der Waals surface area contributed by atoms with Gasteiger partial charge in [-0.3, -0.25) is 29.4 Å². The fraction of sp³-hybridized carbons (Fsp3) is 0.297. The first kappa shape index (κ1) is 44.8. The van der Waals surface area contributed by atoms with Crippen LogP contribution in [0.15, 0.2) is 77.3 Å². The molecule has 314 valence electrons. The molecule has 0 saturated carbocycles. The third kappa shape index (κ3) is 12.3. The number of hydrogen-bond acceptors (Lipinski definition) is 11. The molecule has 0 aliphatic carbocycles. The second-order valence-corrected chi connectivity index (χ2v) is 12.9. The summed E-state index contributed by atoms with van der Waals surface area (Å²) in [5, 5.41) is 30.7. The van der Waals surface area contributed by atoms with Crippen LogP contribution in [0.5, 0.6) is 5.75 Å². The van der Waals surface area contributed by atoms with E-state index in [1.165, 1.54) is 48.4 Å². The van der Waals surface area contributed by atoms with Gasteiger partial charge in [-0.05, 0) is 84.2 Å². The standard InChI is InChI=1S/C37H39F3N10O8.ClH/c1-57-26-14-4-21(5-15-26)19-27(46-31(54)23-8-12-25(13-9-23)45-36-47-34(58-48-36)37(38,39)40)32(55)50-18-17-49(20-29(51)52)33(56)28(50)3-2-16-43-30(53)22-6-10-24(11-7-22)44-35(41)42;/h4-15,27-28H,2-3,16-20H2,1H3,(H,43,53)(H,45,48)(H,46,54)(H,51,52)(H4,41,42,44);1H/t27?,28-;/m0./s1. The van der Waals surface area contributed by atoms with Crippen molar-refractivity contribution in [3.8, 4) is 5.75 Å². The van der Waals surface area contributed by atoms with Crippen LogP contribution in [0.3, 0.4) is 0 Å². The molecule has 3 aromatic carbocycles. The van der Waals surface area contributed by atoms with E-state index in [1.807, 2.05) is 0 Å². The minimum Gasteiger partial charge on any atom is -0.497 e. The summed E-state index contributed by atoms with van der Waals surface area (Å²) in [4.78, 5) is 71.8. The SMILES string of the molecule is COc1ccc(CC(NC(=O)c2ccc(Nc3noc(C(F)(F)F)n3)cc2)C(=O)N2CCN(CC(=O)O)C(=O)[C@@H]2CCCNC(=O)c2ccc(NC(=N)N)cc2)cc1.Cl. The quantitative estimate of drug-likeness (QED) is 0.0486. The average Bonchev–Trinajstić information content (AvgIpc) is 3.67. The second-order valence-electron chi connectivity index (χ2n) is 12.9. The number of nitrogens with two attached hydrogens (primary N) is 1. The molecule has 4 amide bonds. The monoisotopic (exact) mass is 844 g/mol. The molecule has 1 aromatic heterocycles. The van der Waals surface area contributed by atoms with Crippen LogP contribution in [-0.2, 0) is 27.0 Å². The van der Waals surface area contributed by atoms with E-state index in [9.17, 15) is 42.3 Å². The minimum atomic E-state index is -4.84. The fourth-order valence-corrected chi connectivity index (χ4v) is 6.02. The average molecular weight is 845 g/mol. The Morgan fingerprint density at radius 2 is 1.61 bits per heavy atom. The van der Waals surface area contributed by atoms with E-state index < -0.39 is 66.2 Å². The first-order valence-corrected chi connectivity index (χ1v) is 17.6. The third-order valence-electron chi connectivity index (χ3n) is 8.83. The first-order chi connectivity index (χ1) is 27.6. The molecule has 5 rings (SSSR count). The number of methoxy groups -OCH3 is 1. The van der Waals surface area contributed by atoms with Gasteiger partial charge in [0.05, 0.1) is 7.11 Å². The molecule has 1 unspecified atom stereocenters. The Labute approximate surface area is 340 Å². The van der Waals surface area contributed by atoms with Gasteiger partial charge in [0.25, 0.3) is 17.8 Å². The van der Waals surface area contributed by atoms with Crippen LogP contribution in [-0.4, -0.2) is 106 Å². The molecule has 4 aromatic rings. The summed E-state index contributed by atoms with van der Waals surface area (Å²) < 4.78 is 48.0. The van der Waals surface area contributed by atoms with Gasteiger partial charge < -0.3 is 51.2 Å². The molecule has 1 fully saturated rings. The summed E-state index contributed by atoms with van der Waals surface area (Å²) in [7, 11) is 1.49. The summed E-state index contributed by atoms with van der Waals surface area (Å²) in [6.07, 6.45) is -4.59. The van der Waals surface area contributed by atoms with E-state index in [0.717, 1.165) is 4.90 Å². The first-order valence-electron chi connectivity index (χ1n) is 17.6. The van der Waals surface area contributed by atoms with Gasteiger partial charge in [0, 0.05) is 48.6 Å². The molecule has 0 spiro atoms. The number of aromatic nitrogens is 2. The number of carbonyl (C=O) groups is 5. The summed E-state index contributed by atoms with van der Waals surface area (Å²) in [6, 6.07) is 16.1. The lowest BCUT2D eigenvalue weighted by molar-refractivity contribution is -0.159. The highest BCUT2D eigenvalue weighted by Crippen LogP contribution is 2.29. The fourth-order valence-electron chi connectivity index (χ4n) is 6.02. The number of aliphatic carboxylic acids is 1. The number of nitrogens with one attached hydrogen (secondary N) is 5. The van der Waals surface area contributed by atoms with Gasteiger partial charge in [0.2, 0.25) is 11.8 Å². The van der Waals surface area contributed by atoms with Gasteiger partial charge in [-0.1, -0.05) is 12.1 Å². The smallest absolute Gasteiger partial charge is 0.471 e. The lowest BCUT2D eigenvalue weighted by Gasteiger charge is -2.41. The molecule has 8 N–H and O–H groups in total. The molecule has 59 heavy (non-hydrogen) atoms. The molecule has 0 bridgehead atoms. The van der Waals surface area contributed by atoms with E-state index in [-0.39, 0.29) is 68.5 Å². The Hall–Kier alpha value is -6.90. The maximum atomic E-state index is 14.4. The Morgan fingerprint density at radius 1 is 0.983 bits per heavy atom. The van der Waals surface area contributed by atoms with Crippen LogP contribution in [0.1, 0.15) is 45.0 Å². The topological polar surface area (TPSA) is 258 Å². The van der Waals surface area contributed by atoms with E-state index in [2.05, 4.69) is 35.9 Å². The largest absolute Gasteiger partial charge is 0.497 e. The number of benzene rings is 3. The van der Waals surface area contributed by atoms with Crippen molar-refractivity contribution in [1.29, 1.82) is 5.41 Å². The van der Waals surface area contributed by atoms with Crippen molar-refractivity contribution in [3.05, 3.63) is 95.4 Å². The van der Waals surface area contributed by atoms with Gasteiger partial charge >= 0.3 is 18.0 Å². The predicted molar refractivity (Wildman–Crippen MR) is 207 cm³/mol. The number of carboxylic acid groups (broad SMARTS) is 1. The lowest BCUT2D eigenvalue weighted by Crippen LogP contribution is -2.63. The lowest BCUT2D eigenvalue weighted by atomic mass is 9.99. The van der Waals surface area contributed by atoms with Crippen LogP contribution in [0.2, 0.25) is 0 Å². The molecule has 2 atom stereocenters. The number of nitrogens with zero attached hydrogens (tertiary/aromatic N) is 4. The molecule has 1 saturated heterocycles. The highest BCUT2D eigenvalue weighted by atomic mass is 35.5. The number of ether oxygens (including phenoxy) is 1. The maximum Gasteiger partial charge on any atom is 0.471 e. The van der Waals surface area contributed by atoms with E-state index >= 15 is 0 Å². The summed E-state index contributed by atoms with van der Waals surface area (Å²) in [5.74, 6) is -5.27. The number of anilines is 3. The maximum absolute atomic E-state index is 14.4. The zero-order valence-electron chi connectivity index (χ0n) is 31.2. The van der Waals surface area contributed by atoms with Crippen molar-refractivity contribution in [3.63, 3.8) is 0 Å². The van der Waals surface area contributed by atoms with Crippen LogP contribution >= 0.6 is 12.4 Å². The van der Waals surface area contributed by atoms with Crippen molar-refractivity contribution in [2.75, 3.05) is 43.9 Å². The minimum absolute atomic E-state index is 0. The Balaban J connectivity index is 0.00000769. The van der Waals surface area contributed by atoms with Crippen LogP contribution in [0.25, 0.3) is 0 Å². The molecule has 1 aliphatic rings. The summed E-state index contributed by atoms with van der Waals surface area (Å²) in [5.41, 5.74) is 7.12. The third-order valence-corrected chi connectivity index (χ3v) is 8.83. The number of piperazine rings is 1. The van der Waals surface area contributed by atoms with Gasteiger partial charge in [-0.2, -0.15) is 18.2 Å². The molecular formula is C37H40ClF3N10O8. The number of halogens is 4. The predicted octanol–water partition coefficient (Wildman–Crippen LogP) is 3.24. The van der Waals surface area contributed by atoms with Gasteiger partial charge in [-0.15, -0.1) is 12.4 Å². The normalized spacial score (nSPS) is 14.4. The summed E-state index contributed by atoms with van der Waals surface area (Å²) >= 11 is 0. The number of rotatable bonds is 16. The van der Waals surface area contributed by atoms with E-state index in [0.29, 0.717) is 22.6 Å². The molecule has 0 radical (unpaired) electrons. The zero-order valence-corrected chi connectivity index (χ0v) is 32.1. The van der Waals surface area contributed by atoms with Gasteiger partial charge in [0.15, 0.2) is 5.96 Å². The number of hydrogen-bond donors (Lipinski definition) is 7. The van der Waals surface area contributed by atoms with Crippen molar-refractivity contribution in [1.82, 2.24) is 30.6 Å². The van der Waals surface area contributed by atoms with Gasteiger partial charge in [-0.25, -0.2) is 0 Å². The number of amides is 4. The van der Waals surface area contributed by atoms with Crippen LogP contribution in [0.4, 0.5) is 30.5 Å². The van der Waals surface area contributed by atoms with Crippen molar-refractivity contribution in [2.45, 2.75) is 37.5 Å². The number of guanidine groups is 1. The zero-order chi connectivity index (χ0) is 42.0. The molecular weight excluding hydrogens is 805 g/mol. The number of alkyl halides is 3. The highest BCUT2D eigenvalue weighted by Gasteiger charge is 2.41. The Morgan fingerprint density at radius 3 is 2.19 bits per heavy atom. The number of carbonyl (C=O) groups excluding carboxylic acids is 4. The summed E-state index contributed by atoms with van der Waals surface area (Å²) in [6.45, 7) is -0.613.